The van der Waals surface area contributed by atoms with Crippen LogP contribution in [0.4, 0.5) is 0 Å². The van der Waals surface area contributed by atoms with Gasteiger partial charge in [0.25, 0.3) is 0 Å². The number of aliphatic hydroxyl groups excluding tert-OH is 1. The Morgan fingerprint density at radius 1 is 0.450 bits per heavy atom. The van der Waals surface area contributed by atoms with E-state index in [0.717, 1.165) is 0 Å². The largest absolute Gasteiger partial charge is 0.394 e. The molecule has 100 heavy (non-hydrogen) atoms. The van der Waals surface area contributed by atoms with E-state index in [1.165, 1.54) is 83.9 Å². The van der Waals surface area contributed by atoms with Crippen LogP contribution in [0, 0.1) is 23.7 Å². The molecular formula is C69H119N15O16. The van der Waals surface area contributed by atoms with Crippen LogP contribution >= 0.6 is 0 Å². The lowest BCUT2D eigenvalue weighted by Crippen LogP contribution is -2.65. The molecular weight excluding hydrogens is 1290 g/mol. The van der Waals surface area contributed by atoms with Gasteiger partial charge in [-0.05, 0) is 164 Å². The van der Waals surface area contributed by atoms with E-state index in [2.05, 4.69) is 58.5 Å². The van der Waals surface area contributed by atoms with Crippen LogP contribution in [-0.2, 0) is 71.9 Å². The van der Waals surface area contributed by atoms with Gasteiger partial charge in [-0.15, -0.1) is 0 Å². The Labute approximate surface area is 589 Å². The molecule has 0 aromatic carbocycles. The van der Waals surface area contributed by atoms with Crippen molar-refractivity contribution < 1.29 is 77.0 Å². The normalized spacial score (nSPS) is 19.1. The summed E-state index contributed by atoms with van der Waals surface area (Å²) in [5.74, 6) is -10.8. The van der Waals surface area contributed by atoms with E-state index < -0.39 is 177 Å². The van der Waals surface area contributed by atoms with E-state index in [-0.39, 0.29) is 88.9 Å². The maximum Gasteiger partial charge on any atom is 0.248 e. The van der Waals surface area contributed by atoms with E-state index >= 15 is 0 Å². The number of carbonyl (C=O) groups is 15. The summed E-state index contributed by atoms with van der Waals surface area (Å²) in [6.45, 7) is 32.1. The number of nitrogens with one attached hydrogen (secondary N) is 11. The molecule has 0 saturated carbocycles. The molecule has 0 bridgehead atoms. The predicted molar refractivity (Wildman–Crippen MR) is 372 cm³/mol. The minimum absolute atomic E-state index is 0.0721. The number of hydrogen-bond donors (Lipinski definition) is 13. The summed E-state index contributed by atoms with van der Waals surface area (Å²) in [7, 11) is 0. The molecule has 0 spiro atoms. The molecule has 0 aromatic rings. The molecule has 566 valence electrons. The van der Waals surface area contributed by atoms with Gasteiger partial charge in [-0.3, -0.25) is 71.9 Å². The summed E-state index contributed by atoms with van der Waals surface area (Å²) >= 11 is 0. The lowest BCUT2D eigenvalue weighted by molar-refractivity contribution is -0.147. The molecule has 0 aliphatic carbocycles. The van der Waals surface area contributed by atoms with Gasteiger partial charge in [0, 0.05) is 33.0 Å². The van der Waals surface area contributed by atoms with Crippen molar-refractivity contribution >= 4 is 88.6 Å². The maximum atomic E-state index is 14.5. The van der Waals surface area contributed by atoms with Gasteiger partial charge in [0.15, 0.2) is 0 Å². The third-order valence-electron chi connectivity index (χ3n) is 18.3. The average Bonchev–Trinajstić information content (AvgIpc) is 1.51. The van der Waals surface area contributed by atoms with Gasteiger partial charge in [-0.25, -0.2) is 0 Å². The van der Waals surface area contributed by atoms with Crippen molar-refractivity contribution in [3.8, 4) is 0 Å². The topological polar surface area (TPSA) is 444 Å². The third kappa shape index (κ3) is 24.4. The number of nitrogens with zero attached hydrogens (tertiary/aromatic N) is 3. The highest BCUT2D eigenvalue weighted by molar-refractivity contribution is 6.02. The van der Waals surface area contributed by atoms with Crippen LogP contribution in [0.15, 0.2) is 0 Å². The Bertz CT molecular complexity index is 3000. The van der Waals surface area contributed by atoms with Crippen LogP contribution in [0.3, 0.4) is 0 Å². The molecule has 3 saturated heterocycles. The minimum atomic E-state index is -1.68. The Hall–Kier alpha value is -7.99. The molecule has 3 heterocycles. The number of amides is 15. The van der Waals surface area contributed by atoms with Crippen LogP contribution in [0.25, 0.3) is 0 Å². The highest BCUT2D eigenvalue weighted by atomic mass is 16.3. The zero-order valence-electron chi connectivity index (χ0n) is 62.8. The Kier molecular flexibility index (Phi) is 31.5. The van der Waals surface area contributed by atoms with Crippen molar-refractivity contribution in [2.45, 2.75) is 298 Å². The number of carbonyl (C=O) groups excluding carboxylic acids is 15. The zero-order valence-corrected chi connectivity index (χ0v) is 62.8. The lowest BCUT2D eigenvalue weighted by atomic mass is 9.93. The number of rotatable bonds is 36. The fraction of sp³-hybridized carbons (Fsp3) is 0.783. The monoisotopic (exact) mass is 1410 g/mol. The van der Waals surface area contributed by atoms with Gasteiger partial charge in [0.05, 0.1) is 12.6 Å². The molecule has 3 rings (SSSR count). The molecule has 0 aromatic heterocycles. The molecule has 0 unspecified atom stereocenters. The fourth-order valence-corrected chi connectivity index (χ4v) is 12.5. The van der Waals surface area contributed by atoms with Gasteiger partial charge in [-0.2, -0.15) is 0 Å². The van der Waals surface area contributed by atoms with E-state index in [4.69, 9.17) is 5.73 Å². The van der Waals surface area contributed by atoms with Crippen molar-refractivity contribution in [2.75, 3.05) is 26.2 Å². The maximum absolute atomic E-state index is 14.5. The number of primary amides is 1. The first-order valence-corrected chi connectivity index (χ1v) is 35.3. The summed E-state index contributed by atoms with van der Waals surface area (Å²) in [6.07, 6.45) is 2.46. The van der Waals surface area contributed by atoms with Gasteiger partial charge >= 0.3 is 0 Å². The zero-order chi connectivity index (χ0) is 76.5. The predicted octanol–water partition coefficient (Wildman–Crippen LogP) is -0.176. The molecule has 3 fully saturated rings. The van der Waals surface area contributed by atoms with Gasteiger partial charge in [0.1, 0.15) is 76.0 Å². The van der Waals surface area contributed by atoms with Crippen molar-refractivity contribution in [3.05, 3.63) is 0 Å². The first kappa shape index (κ1) is 86.2. The Morgan fingerprint density at radius 3 is 1.29 bits per heavy atom. The number of nitrogens with two attached hydrogens (primary N) is 1. The van der Waals surface area contributed by atoms with Crippen molar-refractivity contribution in [1.82, 2.24) is 73.2 Å². The quantitative estimate of drug-likeness (QED) is 0.0387. The SMILES string of the molecule is CC[C@@](C)(NC(=O)[C@H](CC(C)C)NC(=O)C(C)(C)NC(=O)[C@@H]1CCCN1C(=O)C(C)(C)NC(=O)[C@@H](NC(=O)[C@H](C)NC(=O)[C@@H]1CCCN1C(=O)C(C)(C)NC(=O)[C@H](CC(C)C)NC(=O)[C@H](CCC(N)=O)NC(=O)C(C)(C)NC(C)=O)C(C)C)C(=O)N1CCC[C@H]1C(=O)N[C@H](CO)CC(C)C. The standard InChI is InChI=1S/C69H119N15O16/c1-21-69(20,64(100)84-32-23-26-48(84)57(93)72-43(36-85)33-37(2)3)81-55(91)46(35-39(6)7)75-61(97)66(14,15)79-58(94)49-27-24-31-83(49)63(99)68(18,19)80-59(95)51(40(8)9)76-52(88)41(10)71-56(92)47-25-22-30-82(47)62(98)67(16,17)78-54(90)45(34-38(4)5)73-53(89)44(28-29-50(70)87)74-60(96)65(12,13)77-42(11)86/h37-41,43-49,51,85H,21-36H2,1-20H3,(H2,70,87)(H,71,92)(H,72,93)(H,73,89)(H,74,96)(H,75,97)(H,76,88)(H,77,86)(H,78,90)(H,79,94)(H,80,95)(H,81,91)/t41-,43-,44-,45-,46-,47-,48-,49-,51-,69+/m0/s1. The van der Waals surface area contributed by atoms with Gasteiger partial charge in [0.2, 0.25) is 88.6 Å². The summed E-state index contributed by atoms with van der Waals surface area (Å²) in [4.78, 5) is 210. The minimum Gasteiger partial charge on any atom is -0.394 e. The third-order valence-corrected chi connectivity index (χ3v) is 18.3. The lowest BCUT2D eigenvalue weighted by Gasteiger charge is -2.37. The molecule has 3 aliphatic rings. The molecule has 10 atom stereocenters. The van der Waals surface area contributed by atoms with Crippen LogP contribution in [0.5, 0.6) is 0 Å². The smallest absolute Gasteiger partial charge is 0.248 e. The molecule has 3 aliphatic heterocycles. The van der Waals surface area contributed by atoms with E-state index in [1.54, 1.807) is 41.5 Å². The fourth-order valence-electron chi connectivity index (χ4n) is 12.5. The molecule has 31 nitrogen and oxygen atoms in total. The van der Waals surface area contributed by atoms with Crippen LogP contribution in [0.1, 0.15) is 216 Å². The van der Waals surface area contributed by atoms with Crippen LogP contribution < -0.4 is 64.2 Å². The highest BCUT2D eigenvalue weighted by Gasteiger charge is 2.49. The number of likely N-dealkylation sites (tertiary alicyclic amines) is 3. The second-order valence-corrected chi connectivity index (χ2v) is 31.1. The highest BCUT2D eigenvalue weighted by Crippen LogP contribution is 2.28. The summed E-state index contributed by atoms with van der Waals surface area (Å²) < 4.78 is 0. The van der Waals surface area contributed by atoms with Crippen LogP contribution in [0.2, 0.25) is 0 Å². The summed E-state index contributed by atoms with van der Waals surface area (Å²) in [5.41, 5.74) is -2.60. The Balaban J connectivity index is 1.69. The average molecular weight is 1410 g/mol. The molecule has 0 radical (unpaired) electrons. The molecule has 15 amide bonds. The molecule has 31 heteroatoms. The van der Waals surface area contributed by atoms with Gasteiger partial charge < -0.3 is 84.0 Å². The van der Waals surface area contributed by atoms with E-state index in [9.17, 15) is 77.0 Å². The van der Waals surface area contributed by atoms with E-state index in [1.807, 2.05) is 27.7 Å². The first-order valence-electron chi connectivity index (χ1n) is 35.3. The van der Waals surface area contributed by atoms with Crippen molar-refractivity contribution in [1.29, 1.82) is 0 Å². The van der Waals surface area contributed by atoms with Crippen LogP contribution in [-0.4, -0.2) is 217 Å². The number of aliphatic hydroxyl groups is 1. The van der Waals surface area contributed by atoms with Crippen molar-refractivity contribution in [2.24, 2.45) is 29.4 Å². The summed E-state index contributed by atoms with van der Waals surface area (Å²) in [6, 6.07) is -9.82. The molecule has 14 N–H and O–H groups in total. The first-order chi connectivity index (χ1) is 46.1. The van der Waals surface area contributed by atoms with Crippen molar-refractivity contribution in [3.63, 3.8) is 0 Å². The van der Waals surface area contributed by atoms with Gasteiger partial charge in [-0.1, -0.05) is 62.3 Å². The summed E-state index contributed by atoms with van der Waals surface area (Å²) in [5, 5.41) is 39.6. The van der Waals surface area contributed by atoms with E-state index in [0.29, 0.717) is 32.1 Å². The second-order valence-electron chi connectivity index (χ2n) is 31.1. The number of hydrogen-bond acceptors (Lipinski definition) is 16. The Morgan fingerprint density at radius 2 is 0.860 bits per heavy atom. The second kappa shape index (κ2) is 36.6.